The highest BCUT2D eigenvalue weighted by atomic mass is 16.5. The largest absolute Gasteiger partial charge is 0.453 e. The number of piperidine rings is 1. The molecular weight excluding hydrogens is 414 g/mol. The number of aliphatic hydroxyl groups is 1. The molecule has 32 heavy (non-hydrogen) atoms. The predicted octanol–water partition coefficient (Wildman–Crippen LogP) is 0.234. The number of β-amino-alcohol motifs (C(OH)–C–C–N with tert-alkyl or cyclic N) is 1. The van der Waals surface area contributed by atoms with Crippen LogP contribution in [0.2, 0.25) is 0 Å². The lowest BCUT2D eigenvalue weighted by atomic mass is 9.77. The van der Waals surface area contributed by atoms with E-state index in [1.165, 1.54) is 17.1 Å². The van der Waals surface area contributed by atoms with Gasteiger partial charge in [-0.05, 0) is 55.8 Å². The smallest absolute Gasteiger partial charge is 0.333 e. The fraction of sp³-hybridized carbons (Fsp3) is 0.524. The topological polar surface area (TPSA) is 127 Å². The number of tetrazole rings is 1. The maximum atomic E-state index is 13.2. The fourth-order valence-corrected chi connectivity index (χ4v) is 4.84. The summed E-state index contributed by atoms with van der Waals surface area (Å²) in [6.45, 7) is 4.36. The third-order valence-electron chi connectivity index (χ3n) is 6.78. The molecule has 1 unspecified atom stereocenters. The van der Waals surface area contributed by atoms with E-state index in [4.69, 9.17) is 4.74 Å². The van der Waals surface area contributed by atoms with Crippen molar-refractivity contribution in [3.05, 3.63) is 42.0 Å². The number of ether oxygens (including phenoxy) is 1. The van der Waals surface area contributed by atoms with Crippen LogP contribution in [0, 0.1) is 5.41 Å². The number of aromatic nitrogens is 5. The Labute approximate surface area is 184 Å². The standard InChI is InChI=1S/C21H25N7O4/c1-14-16(10-19(30)32-14)27-9-6-21(20(27)31)4-7-26(8-5-21)12-17(29)15-2-3-18(22-11-15)28-13-23-24-25-28/h2-3,10-11,13-14,17,29H,4-9,12H2,1H3/t14?,17-/m0/s1. The zero-order valence-electron chi connectivity index (χ0n) is 17.8. The Morgan fingerprint density at radius 1 is 1.22 bits per heavy atom. The van der Waals surface area contributed by atoms with E-state index in [9.17, 15) is 14.7 Å². The molecule has 2 aromatic rings. The lowest BCUT2D eigenvalue weighted by Crippen LogP contribution is -2.45. The average molecular weight is 439 g/mol. The quantitative estimate of drug-likeness (QED) is 0.652. The first-order chi connectivity index (χ1) is 15.4. The number of hydrogen-bond acceptors (Lipinski definition) is 9. The van der Waals surface area contributed by atoms with Crippen LogP contribution in [0.25, 0.3) is 5.82 Å². The van der Waals surface area contributed by atoms with Gasteiger partial charge in [0.25, 0.3) is 0 Å². The Morgan fingerprint density at radius 3 is 2.62 bits per heavy atom. The van der Waals surface area contributed by atoms with Gasteiger partial charge in [-0.25, -0.2) is 9.78 Å². The van der Waals surface area contributed by atoms with Gasteiger partial charge >= 0.3 is 5.97 Å². The highest BCUT2D eigenvalue weighted by molar-refractivity contribution is 5.91. The van der Waals surface area contributed by atoms with Gasteiger partial charge in [-0.3, -0.25) is 4.79 Å². The van der Waals surface area contributed by atoms with Crippen LogP contribution in [0.3, 0.4) is 0 Å². The minimum atomic E-state index is -0.678. The van der Waals surface area contributed by atoms with E-state index in [0.717, 1.165) is 37.9 Å². The molecule has 1 amide bonds. The van der Waals surface area contributed by atoms with Crippen molar-refractivity contribution >= 4 is 11.9 Å². The van der Waals surface area contributed by atoms with Crippen LogP contribution < -0.4 is 0 Å². The van der Waals surface area contributed by atoms with Crippen LogP contribution >= 0.6 is 0 Å². The first-order valence-corrected chi connectivity index (χ1v) is 10.8. The number of amides is 1. The minimum absolute atomic E-state index is 0.0940. The summed E-state index contributed by atoms with van der Waals surface area (Å²) in [6.07, 6.45) is 5.73. The lowest BCUT2D eigenvalue weighted by Gasteiger charge is -2.38. The second kappa shape index (κ2) is 8.06. The molecule has 2 atom stereocenters. The third kappa shape index (κ3) is 3.67. The highest BCUT2D eigenvalue weighted by Crippen LogP contribution is 2.44. The Hall–Kier alpha value is -3.18. The summed E-state index contributed by atoms with van der Waals surface area (Å²) in [5.74, 6) is 0.288. The molecule has 5 rings (SSSR count). The zero-order valence-corrected chi connectivity index (χ0v) is 17.8. The SMILES string of the molecule is CC1OC(=O)C=C1N1CCC2(CCN(C[C@H](O)c3ccc(-n4cnnn4)nc3)CC2)C1=O. The summed E-state index contributed by atoms with van der Waals surface area (Å²) in [6, 6.07) is 3.58. The molecule has 2 saturated heterocycles. The first-order valence-electron chi connectivity index (χ1n) is 10.8. The number of aliphatic hydroxyl groups excluding tert-OH is 1. The Balaban J connectivity index is 1.18. The molecule has 0 saturated carbocycles. The van der Waals surface area contributed by atoms with Crippen molar-refractivity contribution in [1.29, 1.82) is 0 Å². The Kier molecular flexibility index (Phi) is 5.22. The van der Waals surface area contributed by atoms with E-state index < -0.39 is 6.10 Å². The van der Waals surface area contributed by atoms with Gasteiger partial charge in [0.1, 0.15) is 12.4 Å². The van der Waals surface area contributed by atoms with Crippen LogP contribution in [-0.2, 0) is 14.3 Å². The molecular formula is C21H25N7O4. The summed E-state index contributed by atoms with van der Waals surface area (Å²) >= 11 is 0. The number of esters is 1. The van der Waals surface area contributed by atoms with E-state index in [1.54, 1.807) is 24.1 Å². The molecule has 0 bridgehead atoms. The maximum Gasteiger partial charge on any atom is 0.333 e. The van der Waals surface area contributed by atoms with E-state index in [1.807, 2.05) is 6.07 Å². The number of cyclic esters (lactones) is 1. The van der Waals surface area contributed by atoms with Crippen molar-refractivity contribution in [3.8, 4) is 5.82 Å². The van der Waals surface area contributed by atoms with E-state index in [-0.39, 0.29) is 23.4 Å². The summed E-state index contributed by atoms with van der Waals surface area (Å²) < 4.78 is 6.61. The molecule has 2 aromatic heterocycles. The van der Waals surface area contributed by atoms with Crippen molar-refractivity contribution < 1.29 is 19.4 Å². The van der Waals surface area contributed by atoms with Crippen molar-refractivity contribution in [3.63, 3.8) is 0 Å². The van der Waals surface area contributed by atoms with Crippen LogP contribution in [0.15, 0.2) is 36.4 Å². The number of pyridine rings is 1. The highest BCUT2D eigenvalue weighted by Gasteiger charge is 2.50. The molecule has 168 valence electrons. The van der Waals surface area contributed by atoms with Gasteiger partial charge in [-0.15, -0.1) is 5.10 Å². The predicted molar refractivity (Wildman–Crippen MR) is 110 cm³/mol. The summed E-state index contributed by atoms with van der Waals surface area (Å²) in [4.78, 5) is 33.0. The monoisotopic (exact) mass is 439 g/mol. The molecule has 11 heteroatoms. The van der Waals surface area contributed by atoms with Gasteiger partial charge in [-0.1, -0.05) is 6.07 Å². The molecule has 3 aliphatic rings. The summed E-state index contributed by atoms with van der Waals surface area (Å²) in [5.41, 5.74) is 1.01. The number of hydrogen-bond donors (Lipinski definition) is 1. The van der Waals surface area contributed by atoms with Gasteiger partial charge in [0, 0.05) is 30.9 Å². The Bertz CT molecular complexity index is 1030. The fourth-order valence-electron chi connectivity index (χ4n) is 4.84. The van der Waals surface area contributed by atoms with Gasteiger partial charge < -0.3 is 19.6 Å². The van der Waals surface area contributed by atoms with Crippen LogP contribution in [-0.4, -0.2) is 84.3 Å². The molecule has 0 aromatic carbocycles. The van der Waals surface area contributed by atoms with Crippen molar-refractivity contribution in [2.75, 3.05) is 26.2 Å². The van der Waals surface area contributed by atoms with E-state index >= 15 is 0 Å². The summed E-state index contributed by atoms with van der Waals surface area (Å²) in [7, 11) is 0. The van der Waals surface area contributed by atoms with Gasteiger partial charge in [-0.2, -0.15) is 4.68 Å². The zero-order chi connectivity index (χ0) is 22.3. The van der Waals surface area contributed by atoms with Crippen LogP contribution in [0.5, 0.6) is 0 Å². The summed E-state index contributed by atoms with van der Waals surface area (Å²) in [5, 5.41) is 21.7. The molecule has 0 radical (unpaired) electrons. The third-order valence-corrected chi connectivity index (χ3v) is 6.78. The van der Waals surface area contributed by atoms with Crippen molar-refractivity contribution in [2.45, 2.75) is 38.4 Å². The van der Waals surface area contributed by atoms with Crippen molar-refractivity contribution in [1.82, 2.24) is 35.0 Å². The maximum absolute atomic E-state index is 13.2. The number of rotatable bonds is 5. The molecule has 1 spiro atoms. The average Bonchev–Trinajstić information content (AvgIpc) is 3.51. The lowest BCUT2D eigenvalue weighted by molar-refractivity contribution is -0.141. The van der Waals surface area contributed by atoms with Gasteiger partial charge in [0.05, 0.1) is 17.2 Å². The molecule has 2 fully saturated rings. The van der Waals surface area contributed by atoms with Gasteiger partial charge in [0.2, 0.25) is 5.91 Å². The van der Waals surface area contributed by atoms with Crippen LogP contribution in [0.1, 0.15) is 37.9 Å². The number of carbonyl (C=O) groups is 2. The van der Waals surface area contributed by atoms with E-state index in [2.05, 4.69) is 25.4 Å². The number of nitrogens with zero attached hydrogens (tertiary/aromatic N) is 7. The Morgan fingerprint density at radius 2 is 2.00 bits per heavy atom. The molecule has 5 heterocycles. The van der Waals surface area contributed by atoms with E-state index in [0.29, 0.717) is 24.6 Å². The molecule has 11 nitrogen and oxygen atoms in total. The normalized spacial score (nSPS) is 24.1. The minimum Gasteiger partial charge on any atom is -0.453 e. The number of likely N-dealkylation sites (tertiary alicyclic amines) is 2. The first kappa shape index (κ1) is 20.7. The van der Waals surface area contributed by atoms with Crippen LogP contribution in [0.4, 0.5) is 0 Å². The second-order valence-corrected chi connectivity index (χ2v) is 8.66. The van der Waals surface area contributed by atoms with Gasteiger partial charge in [0.15, 0.2) is 5.82 Å². The molecule has 3 aliphatic heterocycles. The molecule has 1 N–H and O–H groups in total. The van der Waals surface area contributed by atoms with Crippen molar-refractivity contribution in [2.24, 2.45) is 5.41 Å². The number of carbonyl (C=O) groups excluding carboxylic acids is 2. The molecule has 0 aliphatic carbocycles. The second-order valence-electron chi connectivity index (χ2n) is 8.66.